The zero-order chi connectivity index (χ0) is 12.5. The molecule has 0 aromatic heterocycles. The van der Waals surface area contributed by atoms with Gasteiger partial charge in [0.25, 0.3) is 0 Å². The van der Waals surface area contributed by atoms with Crippen LogP contribution in [-0.4, -0.2) is 25.0 Å². The highest BCUT2D eigenvalue weighted by Gasteiger charge is 2.10. The van der Waals surface area contributed by atoms with Gasteiger partial charge in [0.15, 0.2) is 0 Å². The Hall–Kier alpha value is -1.52. The molecule has 0 radical (unpaired) electrons. The average Bonchev–Trinajstić information content (AvgIpc) is 2.33. The number of primary amides is 1. The van der Waals surface area contributed by atoms with E-state index in [0.29, 0.717) is 31.8 Å². The molecular formula is C12H21N3O2. The third kappa shape index (κ3) is 6.60. The molecule has 5 nitrogen and oxygen atoms in total. The molecule has 3 amide bonds. The number of amides is 3. The van der Waals surface area contributed by atoms with E-state index in [1.165, 1.54) is 0 Å². The largest absolute Gasteiger partial charge is 0.370 e. The molecule has 1 aliphatic carbocycles. The van der Waals surface area contributed by atoms with Crippen molar-refractivity contribution < 1.29 is 9.59 Å². The van der Waals surface area contributed by atoms with Crippen molar-refractivity contribution in [3.8, 4) is 0 Å². The topological polar surface area (TPSA) is 84.2 Å². The first-order chi connectivity index (χ1) is 8.18. The molecular weight excluding hydrogens is 218 g/mol. The molecule has 0 aromatic carbocycles. The van der Waals surface area contributed by atoms with E-state index in [9.17, 15) is 9.59 Å². The summed E-state index contributed by atoms with van der Waals surface area (Å²) in [7, 11) is 0. The van der Waals surface area contributed by atoms with Crippen LogP contribution in [0.1, 0.15) is 32.1 Å². The predicted octanol–water partition coefficient (Wildman–Crippen LogP) is 0.907. The molecule has 96 valence electrons. The van der Waals surface area contributed by atoms with Crippen molar-refractivity contribution in [2.75, 3.05) is 13.1 Å². The molecule has 1 atom stereocenters. The second-order valence-corrected chi connectivity index (χ2v) is 4.36. The van der Waals surface area contributed by atoms with Crippen LogP contribution in [0.15, 0.2) is 12.2 Å². The monoisotopic (exact) mass is 239 g/mol. The molecule has 5 heteroatoms. The van der Waals surface area contributed by atoms with Crippen molar-refractivity contribution in [2.24, 2.45) is 11.7 Å². The van der Waals surface area contributed by atoms with Crippen LogP contribution >= 0.6 is 0 Å². The molecule has 0 aliphatic heterocycles. The minimum Gasteiger partial charge on any atom is -0.370 e. The van der Waals surface area contributed by atoms with Gasteiger partial charge in [0.1, 0.15) is 0 Å². The maximum Gasteiger partial charge on any atom is 0.314 e. The molecule has 0 saturated heterocycles. The molecule has 17 heavy (non-hydrogen) atoms. The minimum absolute atomic E-state index is 0.163. The number of allylic oxidation sites excluding steroid dienone is 2. The van der Waals surface area contributed by atoms with E-state index in [1.54, 1.807) is 0 Å². The fraction of sp³-hybridized carbons (Fsp3) is 0.667. The second-order valence-electron chi connectivity index (χ2n) is 4.36. The summed E-state index contributed by atoms with van der Waals surface area (Å²) in [5, 5.41) is 5.54. The highest BCUT2D eigenvalue weighted by Crippen LogP contribution is 2.16. The molecule has 0 spiro atoms. The first-order valence-electron chi connectivity index (χ1n) is 6.13. The van der Waals surface area contributed by atoms with Gasteiger partial charge in [-0.25, -0.2) is 4.79 Å². The van der Waals surface area contributed by atoms with Crippen LogP contribution in [0.2, 0.25) is 0 Å². The van der Waals surface area contributed by atoms with Crippen LogP contribution in [0, 0.1) is 5.92 Å². The molecule has 0 aromatic rings. The lowest BCUT2D eigenvalue weighted by Gasteiger charge is -2.18. The molecule has 1 unspecified atom stereocenters. The van der Waals surface area contributed by atoms with E-state index in [4.69, 9.17) is 5.73 Å². The Morgan fingerprint density at radius 3 is 2.76 bits per heavy atom. The fourth-order valence-corrected chi connectivity index (χ4v) is 1.81. The van der Waals surface area contributed by atoms with Gasteiger partial charge in [-0.2, -0.15) is 0 Å². The Bertz CT molecular complexity index is 289. The number of carbonyl (C=O) groups is 2. The lowest BCUT2D eigenvalue weighted by molar-refractivity contribution is -0.118. The van der Waals surface area contributed by atoms with Gasteiger partial charge in [0.05, 0.1) is 0 Å². The summed E-state index contributed by atoms with van der Waals surface area (Å²) in [4.78, 5) is 21.8. The maximum atomic E-state index is 11.4. The summed E-state index contributed by atoms with van der Waals surface area (Å²) in [6.07, 6.45) is 8.54. The molecule has 1 rings (SSSR count). The van der Waals surface area contributed by atoms with E-state index in [0.717, 1.165) is 19.3 Å². The normalized spacial score (nSPS) is 18.7. The average molecular weight is 239 g/mol. The number of nitrogens with one attached hydrogen (secondary N) is 2. The second kappa shape index (κ2) is 7.70. The first kappa shape index (κ1) is 13.5. The lowest BCUT2D eigenvalue weighted by atomic mass is 9.94. The van der Waals surface area contributed by atoms with Crippen LogP contribution in [0.3, 0.4) is 0 Å². The van der Waals surface area contributed by atoms with Gasteiger partial charge in [-0.1, -0.05) is 12.2 Å². The molecule has 4 N–H and O–H groups in total. The van der Waals surface area contributed by atoms with Gasteiger partial charge >= 0.3 is 6.03 Å². The van der Waals surface area contributed by atoms with Gasteiger partial charge in [-0.15, -0.1) is 0 Å². The zero-order valence-corrected chi connectivity index (χ0v) is 10.1. The summed E-state index contributed by atoms with van der Waals surface area (Å²) in [5.74, 6) is 0.220. The fourth-order valence-electron chi connectivity index (χ4n) is 1.81. The first-order valence-corrected chi connectivity index (χ1v) is 6.13. The summed E-state index contributed by atoms with van der Waals surface area (Å²) in [5.41, 5.74) is 4.99. The SMILES string of the molecule is NC(=O)CCCNC(=O)NCC1CC=CCC1. The van der Waals surface area contributed by atoms with Crippen molar-refractivity contribution in [3.05, 3.63) is 12.2 Å². The highest BCUT2D eigenvalue weighted by molar-refractivity contribution is 5.74. The number of hydrogen-bond acceptors (Lipinski definition) is 2. The van der Waals surface area contributed by atoms with E-state index >= 15 is 0 Å². The standard InChI is InChI=1S/C12H21N3O2/c13-11(16)7-4-8-14-12(17)15-9-10-5-2-1-3-6-10/h1-2,10H,3-9H2,(H2,13,16)(H2,14,15,17). The molecule has 0 bridgehead atoms. The van der Waals surface area contributed by atoms with Crippen molar-refractivity contribution in [1.82, 2.24) is 10.6 Å². The smallest absolute Gasteiger partial charge is 0.314 e. The Balaban J connectivity index is 2.00. The lowest BCUT2D eigenvalue weighted by Crippen LogP contribution is -2.39. The Kier molecular flexibility index (Phi) is 6.14. The van der Waals surface area contributed by atoms with Crippen molar-refractivity contribution in [3.63, 3.8) is 0 Å². The van der Waals surface area contributed by atoms with E-state index < -0.39 is 0 Å². The number of hydrogen-bond donors (Lipinski definition) is 3. The summed E-state index contributed by atoms with van der Waals surface area (Å²) >= 11 is 0. The zero-order valence-electron chi connectivity index (χ0n) is 10.1. The summed E-state index contributed by atoms with van der Waals surface area (Å²) in [6.45, 7) is 1.20. The number of rotatable bonds is 6. The summed E-state index contributed by atoms with van der Waals surface area (Å²) < 4.78 is 0. The van der Waals surface area contributed by atoms with Crippen LogP contribution < -0.4 is 16.4 Å². The van der Waals surface area contributed by atoms with Gasteiger partial charge in [0, 0.05) is 19.5 Å². The van der Waals surface area contributed by atoms with Gasteiger partial charge < -0.3 is 16.4 Å². The molecule has 0 saturated carbocycles. The number of carbonyl (C=O) groups excluding carboxylic acids is 2. The Labute approximate surface area is 102 Å². The van der Waals surface area contributed by atoms with E-state index in [1.807, 2.05) is 0 Å². The van der Waals surface area contributed by atoms with E-state index in [-0.39, 0.29) is 11.9 Å². The van der Waals surface area contributed by atoms with Gasteiger partial charge in [-0.3, -0.25) is 4.79 Å². The number of urea groups is 1. The van der Waals surface area contributed by atoms with Crippen molar-refractivity contribution in [1.29, 1.82) is 0 Å². The maximum absolute atomic E-state index is 11.4. The van der Waals surface area contributed by atoms with Crippen LogP contribution in [0.25, 0.3) is 0 Å². The van der Waals surface area contributed by atoms with Gasteiger partial charge in [0.2, 0.25) is 5.91 Å². The Morgan fingerprint density at radius 2 is 2.12 bits per heavy atom. The third-order valence-corrected chi connectivity index (χ3v) is 2.81. The van der Waals surface area contributed by atoms with Crippen LogP contribution in [0.5, 0.6) is 0 Å². The van der Waals surface area contributed by atoms with Crippen molar-refractivity contribution in [2.45, 2.75) is 32.1 Å². The molecule has 0 fully saturated rings. The minimum atomic E-state index is -0.332. The predicted molar refractivity (Wildman–Crippen MR) is 66.3 cm³/mol. The molecule has 1 aliphatic rings. The van der Waals surface area contributed by atoms with Crippen molar-refractivity contribution >= 4 is 11.9 Å². The quantitative estimate of drug-likeness (QED) is 0.475. The molecule has 0 heterocycles. The van der Waals surface area contributed by atoms with E-state index in [2.05, 4.69) is 22.8 Å². The third-order valence-electron chi connectivity index (χ3n) is 2.81. The van der Waals surface area contributed by atoms with Crippen LogP contribution in [0.4, 0.5) is 4.79 Å². The summed E-state index contributed by atoms with van der Waals surface area (Å²) in [6, 6.07) is -0.163. The Morgan fingerprint density at radius 1 is 1.29 bits per heavy atom. The van der Waals surface area contributed by atoms with Crippen LogP contribution in [-0.2, 0) is 4.79 Å². The highest BCUT2D eigenvalue weighted by atomic mass is 16.2. The number of nitrogens with two attached hydrogens (primary N) is 1. The van der Waals surface area contributed by atoms with Gasteiger partial charge in [-0.05, 0) is 31.6 Å².